The lowest BCUT2D eigenvalue weighted by Crippen LogP contribution is -2.12. The quantitative estimate of drug-likeness (QED) is 0.145. The Morgan fingerprint density at radius 1 is 1.25 bits per heavy atom. The van der Waals surface area contributed by atoms with Crippen molar-refractivity contribution in [2.75, 3.05) is 19.8 Å². The molecule has 0 radical (unpaired) electrons. The lowest BCUT2D eigenvalue weighted by Gasteiger charge is -2.18. The van der Waals surface area contributed by atoms with Crippen LogP contribution in [-0.2, 0) is 0 Å². The van der Waals surface area contributed by atoms with Crippen LogP contribution in [0.3, 0.4) is 0 Å². The fourth-order valence-electron chi connectivity index (χ4n) is 3.09. The van der Waals surface area contributed by atoms with Crippen LogP contribution in [0.25, 0.3) is 5.69 Å². The van der Waals surface area contributed by atoms with E-state index in [1.165, 1.54) is 11.8 Å². The summed E-state index contributed by atoms with van der Waals surface area (Å²) in [5.74, 6) is 2.01. The predicted octanol–water partition coefficient (Wildman–Crippen LogP) is 5.41. The molecule has 0 saturated carbocycles. The number of hydrogen-bond acceptors (Lipinski definition) is 7. The Bertz CT molecular complexity index is 1090. The number of rotatable bonds is 11. The maximum absolute atomic E-state index is 11.5. The van der Waals surface area contributed by atoms with Crippen molar-refractivity contribution in [2.45, 2.75) is 24.3 Å². The second kappa shape index (κ2) is 11.1. The highest BCUT2D eigenvalue weighted by molar-refractivity contribution is 9.10. The van der Waals surface area contributed by atoms with Gasteiger partial charge in [0.15, 0.2) is 5.16 Å². The van der Waals surface area contributed by atoms with Crippen molar-refractivity contribution in [3.8, 4) is 17.2 Å². The first-order valence-electron chi connectivity index (χ1n) is 9.89. The van der Waals surface area contributed by atoms with Gasteiger partial charge in [-0.1, -0.05) is 40.3 Å². The zero-order valence-corrected chi connectivity index (χ0v) is 20.1. The van der Waals surface area contributed by atoms with E-state index in [1.54, 1.807) is 12.1 Å². The van der Waals surface area contributed by atoms with E-state index in [0.29, 0.717) is 35.5 Å². The average molecular weight is 519 g/mol. The number of thioether (sulfide) groups is 1. The Balaban J connectivity index is 1.98. The molecule has 0 bridgehead atoms. The number of nitro groups is 1. The molecular weight excluding hydrogens is 496 g/mol. The summed E-state index contributed by atoms with van der Waals surface area (Å²) < 4.78 is 14.0. The fraction of sp³-hybridized carbons (Fsp3) is 0.273. The SMILES string of the molecule is C=CCOc1ccc(Br)cc1[C@H](C[N+](=O)[O-])Sc1nnc(C)n1-c1ccc(OCC)cc1. The van der Waals surface area contributed by atoms with Crippen LogP contribution < -0.4 is 9.47 Å². The smallest absolute Gasteiger partial charge is 0.220 e. The molecule has 0 amide bonds. The van der Waals surface area contributed by atoms with E-state index in [2.05, 4.69) is 32.7 Å². The maximum Gasteiger partial charge on any atom is 0.220 e. The third kappa shape index (κ3) is 5.89. The van der Waals surface area contributed by atoms with Gasteiger partial charge in [0.05, 0.1) is 6.61 Å². The van der Waals surface area contributed by atoms with Gasteiger partial charge in [0, 0.05) is 20.6 Å². The number of nitrogens with zero attached hydrogens (tertiary/aromatic N) is 4. The average Bonchev–Trinajstić information content (AvgIpc) is 3.13. The molecule has 3 aromatic rings. The largest absolute Gasteiger partial charge is 0.494 e. The molecule has 0 saturated heterocycles. The Morgan fingerprint density at radius 2 is 2.00 bits per heavy atom. The van der Waals surface area contributed by atoms with Crippen molar-refractivity contribution in [1.29, 1.82) is 0 Å². The molecule has 0 aliphatic heterocycles. The van der Waals surface area contributed by atoms with Gasteiger partial charge in [-0.15, -0.1) is 10.2 Å². The van der Waals surface area contributed by atoms with Gasteiger partial charge in [0.1, 0.15) is 29.2 Å². The molecule has 8 nitrogen and oxygen atoms in total. The lowest BCUT2D eigenvalue weighted by molar-refractivity contribution is -0.479. The summed E-state index contributed by atoms with van der Waals surface area (Å²) in [5.41, 5.74) is 1.54. The summed E-state index contributed by atoms with van der Waals surface area (Å²) in [6, 6.07) is 13.0. The van der Waals surface area contributed by atoms with Gasteiger partial charge in [-0.2, -0.15) is 0 Å². The van der Waals surface area contributed by atoms with E-state index in [1.807, 2.05) is 54.8 Å². The van der Waals surface area contributed by atoms with Gasteiger partial charge in [-0.3, -0.25) is 14.7 Å². The first-order chi connectivity index (χ1) is 15.4. The zero-order valence-electron chi connectivity index (χ0n) is 17.7. The molecule has 1 aromatic heterocycles. The van der Waals surface area contributed by atoms with E-state index in [-0.39, 0.29) is 11.5 Å². The Hall–Kier alpha value is -2.85. The van der Waals surface area contributed by atoms with Gasteiger partial charge in [-0.05, 0) is 56.3 Å². The van der Waals surface area contributed by atoms with Crippen molar-refractivity contribution in [3.05, 3.63) is 81.1 Å². The normalized spacial score (nSPS) is 11.7. The molecular formula is C22H23BrN4O4S. The number of hydrogen-bond donors (Lipinski definition) is 0. The molecule has 1 atom stereocenters. The third-order valence-corrected chi connectivity index (χ3v) is 6.09. The van der Waals surface area contributed by atoms with E-state index >= 15 is 0 Å². The van der Waals surface area contributed by atoms with Crippen LogP contribution in [0.15, 0.2) is 64.7 Å². The molecule has 10 heteroatoms. The molecule has 32 heavy (non-hydrogen) atoms. The van der Waals surface area contributed by atoms with E-state index in [4.69, 9.17) is 9.47 Å². The van der Waals surface area contributed by atoms with E-state index in [0.717, 1.165) is 15.9 Å². The second-order valence-electron chi connectivity index (χ2n) is 6.70. The van der Waals surface area contributed by atoms with Crippen molar-refractivity contribution < 1.29 is 14.4 Å². The summed E-state index contributed by atoms with van der Waals surface area (Å²) in [6.45, 7) is 8.01. The first-order valence-corrected chi connectivity index (χ1v) is 11.6. The van der Waals surface area contributed by atoms with Crippen molar-refractivity contribution in [1.82, 2.24) is 14.8 Å². The second-order valence-corrected chi connectivity index (χ2v) is 8.78. The van der Waals surface area contributed by atoms with Crippen molar-refractivity contribution in [3.63, 3.8) is 0 Å². The van der Waals surface area contributed by atoms with Crippen molar-refractivity contribution in [2.24, 2.45) is 0 Å². The highest BCUT2D eigenvalue weighted by Gasteiger charge is 2.27. The van der Waals surface area contributed by atoms with Gasteiger partial charge < -0.3 is 9.47 Å². The molecule has 0 aliphatic rings. The molecule has 0 N–H and O–H groups in total. The van der Waals surface area contributed by atoms with Gasteiger partial charge in [0.25, 0.3) is 0 Å². The zero-order chi connectivity index (χ0) is 23.1. The van der Waals surface area contributed by atoms with E-state index < -0.39 is 5.25 Å². The molecule has 0 spiro atoms. The number of halogens is 1. The summed E-state index contributed by atoms with van der Waals surface area (Å²) in [6.07, 6.45) is 1.63. The molecule has 2 aromatic carbocycles. The van der Waals surface area contributed by atoms with Crippen LogP contribution in [0.1, 0.15) is 23.6 Å². The minimum absolute atomic E-state index is 0.298. The molecule has 0 fully saturated rings. The summed E-state index contributed by atoms with van der Waals surface area (Å²) >= 11 is 4.73. The third-order valence-electron chi connectivity index (χ3n) is 4.44. The Kier molecular flexibility index (Phi) is 8.29. The van der Waals surface area contributed by atoms with Crippen LogP contribution in [0.2, 0.25) is 0 Å². The molecule has 1 heterocycles. The first kappa shape index (κ1) is 23.8. The minimum Gasteiger partial charge on any atom is -0.494 e. The highest BCUT2D eigenvalue weighted by atomic mass is 79.9. The molecule has 0 unspecified atom stereocenters. The maximum atomic E-state index is 11.5. The highest BCUT2D eigenvalue weighted by Crippen LogP contribution is 2.41. The topological polar surface area (TPSA) is 92.3 Å². The van der Waals surface area contributed by atoms with Gasteiger partial charge in [0.2, 0.25) is 6.54 Å². The van der Waals surface area contributed by atoms with Crippen LogP contribution in [0, 0.1) is 17.0 Å². The van der Waals surface area contributed by atoms with Crippen molar-refractivity contribution >= 4 is 27.7 Å². The Labute approximate surface area is 198 Å². The number of aryl methyl sites for hydroxylation is 1. The monoisotopic (exact) mass is 518 g/mol. The number of aromatic nitrogens is 3. The van der Waals surface area contributed by atoms with Gasteiger partial charge >= 0.3 is 0 Å². The number of benzene rings is 2. The summed E-state index contributed by atoms with van der Waals surface area (Å²) in [4.78, 5) is 11.2. The standard InChI is InChI=1S/C22H23BrN4O4S/c1-4-12-31-20-11-6-16(23)13-19(20)21(14-26(28)29)32-22-25-24-15(3)27(22)17-7-9-18(10-8-17)30-5-2/h4,6-11,13,21H,1,5,12,14H2,2-3H3/t21-/m0/s1. The summed E-state index contributed by atoms with van der Waals surface area (Å²) in [7, 11) is 0. The van der Waals surface area contributed by atoms with Gasteiger partial charge in [-0.25, -0.2) is 0 Å². The summed E-state index contributed by atoms with van der Waals surface area (Å²) in [5, 5.41) is 20.0. The van der Waals surface area contributed by atoms with Crippen LogP contribution in [0.5, 0.6) is 11.5 Å². The van der Waals surface area contributed by atoms with Crippen LogP contribution >= 0.6 is 27.7 Å². The van der Waals surface area contributed by atoms with E-state index in [9.17, 15) is 10.1 Å². The lowest BCUT2D eigenvalue weighted by atomic mass is 10.1. The van der Waals surface area contributed by atoms with Crippen LogP contribution in [0.4, 0.5) is 0 Å². The minimum atomic E-state index is -0.549. The molecule has 168 valence electrons. The molecule has 3 rings (SSSR count). The fourth-order valence-corrected chi connectivity index (χ4v) is 4.66. The molecule has 0 aliphatic carbocycles. The predicted molar refractivity (Wildman–Crippen MR) is 128 cm³/mol. The number of ether oxygens (including phenoxy) is 2. The van der Waals surface area contributed by atoms with Crippen LogP contribution in [-0.4, -0.2) is 39.4 Å². The Morgan fingerprint density at radius 3 is 2.66 bits per heavy atom.